The van der Waals surface area contributed by atoms with Crippen molar-refractivity contribution in [2.45, 2.75) is 13.8 Å². The minimum atomic E-state index is -0.664. The van der Waals surface area contributed by atoms with E-state index >= 15 is 0 Å². The molecule has 3 rings (SSSR count). The van der Waals surface area contributed by atoms with Crippen molar-refractivity contribution < 1.29 is 24.5 Å². The highest BCUT2D eigenvalue weighted by Gasteiger charge is 2.33. The lowest BCUT2D eigenvalue weighted by Crippen LogP contribution is -2.12. The summed E-state index contributed by atoms with van der Waals surface area (Å²) in [7, 11) is 1.53. The van der Waals surface area contributed by atoms with Crippen molar-refractivity contribution in [3.8, 4) is 11.5 Å². The Kier molecular flexibility index (Phi) is 6.29. The van der Waals surface area contributed by atoms with Crippen LogP contribution in [0, 0.1) is 6.92 Å². The molecule has 0 spiro atoms. The number of hydrogen-bond acceptors (Lipinski definition) is 7. The predicted octanol–water partition coefficient (Wildman–Crippen LogP) is 4.90. The fourth-order valence-corrected chi connectivity index (χ4v) is 3.76. The first kappa shape index (κ1) is 20.5. The molecule has 0 bridgehead atoms. The number of aliphatic hydroxyl groups is 1. The number of aliphatic hydroxyl groups excluding tert-OH is 1. The molecule has 0 fully saturated rings. The van der Waals surface area contributed by atoms with Crippen LogP contribution in [0.2, 0.25) is 0 Å². The third-order valence-electron chi connectivity index (χ3n) is 4.15. The maximum absolute atomic E-state index is 12.5. The molecule has 0 aliphatic carbocycles. The number of hydrogen-bond donors (Lipinski definition) is 2. The number of esters is 1. The smallest absolute Gasteiger partial charge is 0.344 e. The molecule has 1 aliphatic heterocycles. The number of benzene rings is 2. The third-order valence-corrected chi connectivity index (χ3v) is 5.17. The standard InChI is InChI=1S/C22H21NO5S/c1-4-28-22(26)19-20(25)18(12-14-10-9-13(2)11-16(14)24)29-21(19)23-15-7-5-6-8-17(15)27-3/h5-12,24-25H,4H2,1-3H3/b18-12+,23-21?. The van der Waals surface area contributed by atoms with Gasteiger partial charge in [-0.1, -0.05) is 36.0 Å². The summed E-state index contributed by atoms with van der Waals surface area (Å²) in [6.45, 7) is 3.73. The number of para-hydroxylation sites is 2. The van der Waals surface area contributed by atoms with E-state index in [2.05, 4.69) is 4.99 Å². The lowest BCUT2D eigenvalue weighted by atomic mass is 10.1. The molecule has 1 heterocycles. The first-order valence-electron chi connectivity index (χ1n) is 8.96. The second-order valence-corrected chi connectivity index (χ2v) is 7.24. The number of phenolic OH excluding ortho intramolecular Hbond substituents is 1. The number of nitrogens with zero attached hydrogens (tertiary/aromatic N) is 1. The van der Waals surface area contributed by atoms with Crippen molar-refractivity contribution in [1.82, 2.24) is 0 Å². The molecule has 0 amide bonds. The number of methoxy groups -OCH3 is 1. The largest absolute Gasteiger partial charge is 0.507 e. The van der Waals surface area contributed by atoms with Crippen LogP contribution in [0.3, 0.4) is 0 Å². The molecule has 1 aliphatic rings. The van der Waals surface area contributed by atoms with Gasteiger partial charge in [0.25, 0.3) is 0 Å². The van der Waals surface area contributed by atoms with Gasteiger partial charge >= 0.3 is 5.97 Å². The van der Waals surface area contributed by atoms with Crippen molar-refractivity contribution in [3.63, 3.8) is 0 Å². The highest BCUT2D eigenvalue weighted by atomic mass is 32.2. The zero-order valence-electron chi connectivity index (χ0n) is 16.3. The van der Waals surface area contributed by atoms with Gasteiger partial charge in [-0.3, -0.25) is 0 Å². The molecule has 2 N–H and O–H groups in total. The summed E-state index contributed by atoms with van der Waals surface area (Å²) in [5, 5.41) is 21.2. The van der Waals surface area contributed by atoms with Gasteiger partial charge in [0.1, 0.15) is 33.6 Å². The molecular weight excluding hydrogens is 390 g/mol. The number of carbonyl (C=O) groups is 1. The van der Waals surface area contributed by atoms with Gasteiger partial charge in [0.2, 0.25) is 0 Å². The first-order chi connectivity index (χ1) is 13.9. The van der Waals surface area contributed by atoms with Crippen molar-refractivity contribution in [3.05, 3.63) is 69.8 Å². The van der Waals surface area contributed by atoms with E-state index in [1.165, 1.54) is 7.11 Å². The maximum Gasteiger partial charge on any atom is 0.344 e. The van der Waals surface area contributed by atoms with E-state index < -0.39 is 5.97 Å². The average molecular weight is 411 g/mol. The van der Waals surface area contributed by atoms with E-state index in [0.717, 1.165) is 17.3 Å². The van der Waals surface area contributed by atoms with Crippen LogP contribution in [-0.4, -0.2) is 34.9 Å². The summed E-state index contributed by atoms with van der Waals surface area (Å²) < 4.78 is 10.4. The summed E-state index contributed by atoms with van der Waals surface area (Å²) in [5.74, 6) is -0.277. The second-order valence-electron chi connectivity index (χ2n) is 6.21. The Labute approximate surface area is 173 Å². The van der Waals surface area contributed by atoms with E-state index in [9.17, 15) is 15.0 Å². The molecule has 6 nitrogen and oxygen atoms in total. The molecule has 0 saturated heterocycles. The van der Waals surface area contributed by atoms with Crippen molar-refractivity contribution >= 4 is 34.5 Å². The van der Waals surface area contributed by atoms with Crippen molar-refractivity contribution in [1.29, 1.82) is 0 Å². The van der Waals surface area contributed by atoms with E-state index in [0.29, 0.717) is 26.9 Å². The molecular formula is C22H21NO5S. The van der Waals surface area contributed by atoms with Crippen LogP contribution in [0.4, 0.5) is 5.69 Å². The molecule has 0 saturated carbocycles. The molecule has 29 heavy (non-hydrogen) atoms. The lowest BCUT2D eigenvalue weighted by Gasteiger charge is -2.06. The van der Waals surface area contributed by atoms with Crippen LogP contribution in [0.15, 0.2) is 63.7 Å². The van der Waals surface area contributed by atoms with E-state index in [1.807, 2.05) is 19.1 Å². The van der Waals surface area contributed by atoms with Gasteiger partial charge in [-0.25, -0.2) is 9.79 Å². The topological polar surface area (TPSA) is 88.4 Å². The summed E-state index contributed by atoms with van der Waals surface area (Å²) in [4.78, 5) is 17.4. The Morgan fingerprint density at radius 3 is 2.66 bits per heavy atom. The summed E-state index contributed by atoms with van der Waals surface area (Å²) in [6, 6.07) is 12.3. The highest BCUT2D eigenvalue weighted by molar-refractivity contribution is 8.18. The Bertz CT molecular complexity index is 1040. The van der Waals surface area contributed by atoms with Gasteiger partial charge in [-0.15, -0.1) is 0 Å². The Morgan fingerprint density at radius 1 is 1.21 bits per heavy atom. The van der Waals surface area contributed by atoms with E-state index in [-0.39, 0.29) is 23.7 Å². The Morgan fingerprint density at radius 2 is 1.97 bits per heavy atom. The first-order valence-corrected chi connectivity index (χ1v) is 9.78. The van der Waals surface area contributed by atoms with Crippen LogP contribution >= 0.6 is 11.8 Å². The van der Waals surface area contributed by atoms with Crippen LogP contribution in [0.25, 0.3) is 6.08 Å². The van der Waals surface area contributed by atoms with Crippen molar-refractivity contribution in [2.24, 2.45) is 4.99 Å². The molecule has 0 radical (unpaired) electrons. The van der Waals surface area contributed by atoms with Gasteiger partial charge < -0.3 is 19.7 Å². The number of aliphatic imine (C=N–C) groups is 1. The molecule has 0 atom stereocenters. The number of carbonyl (C=O) groups excluding carboxylic acids is 1. The zero-order valence-corrected chi connectivity index (χ0v) is 17.1. The fraction of sp³-hybridized carbons (Fsp3) is 0.182. The summed E-state index contributed by atoms with van der Waals surface area (Å²) >= 11 is 1.12. The number of thioether (sulfide) groups is 1. The predicted molar refractivity (Wildman–Crippen MR) is 115 cm³/mol. The lowest BCUT2D eigenvalue weighted by molar-refractivity contribution is -0.138. The normalized spacial score (nSPS) is 16.5. The number of aryl methyl sites for hydroxylation is 1. The van der Waals surface area contributed by atoms with Gasteiger partial charge in [-0.2, -0.15) is 0 Å². The fourth-order valence-electron chi connectivity index (χ4n) is 2.74. The van der Waals surface area contributed by atoms with E-state index in [4.69, 9.17) is 9.47 Å². The van der Waals surface area contributed by atoms with Crippen LogP contribution in [0.1, 0.15) is 18.1 Å². The third kappa shape index (κ3) is 4.46. The quantitative estimate of drug-likeness (QED) is 0.680. The van der Waals surface area contributed by atoms with E-state index in [1.54, 1.807) is 43.3 Å². The zero-order chi connectivity index (χ0) is 21.0. The minimum Gasteiger partial charge on any atom is -0.507 e. The number of aromatic hydroxyl groups is 1. The average Bonchev–Trinajstić information content (AvgIpc) is 2.99. The monoisotopic (exact) mass is 411 g/mol. The summed E-state index contributed by atoms with van der Waals surface area (Å²) in [5.41, 5.74) is 1.94. The van der Waals surface area contributed by atoms with Crippen LogP contribution < -0.4 is 4.74 Å². The maximum atomic E-state index is 12.5. The van der Waals surface area contributed by atoms with Gasteiger partial charge in [0, 0.05) is 5.56 Å². The Balaban J connectivity index is 2.09. The van der Waals surface area contributed by atoms with Gasteiger partial charge in [-0.05, 0) is 43.7 Å². The molecule has 0 unspecified atom stereocenters. The Hall–Kier alpha value is -3.19. The molecule has 7 heteroatoms. The van der Waals surface area contributed by atoms with Crippen molar-refractivity contribution in [2.75, 3.05) is 13.7 Å². The molecule has 0 aromatic heterocycles. The number of phenols is 1. The van der Waals surface area contributed by atoms with Gasteiger partial charge in [0.15, 0.2) is 0 Å². The number of ether oxygens (including phenoxy) is 2. The molecule has 2 aromatic rings. The molecule has 2 aromatic carbocycles. The number of rotatable bonds is 5. The SMILES string of the molecule is CCOC(=O)C1=C(O)/C(=C\c2ccc(C)cc2O)SC1=Nc1ccccc1OC. The minimum absolute atomic E-state index is 0.0133. The highest BCUT2D eigenvalue weighted by Crippen LogP contribution is 2.42. The second kappa shape index (κ2) is 8.87. The van der Waals surface area contributed by atoms with Crippen LogP contribution in [-0.2, 0) is 9.53 Å². The molecule has 150 valence electrons. The van der Waals surface area contributed by atoms with Gasteiger partial charge in [0.05, 0.1) is 18.6 Å². The summed E-state index contributed by atoms with van der Waals surface area (Å²) in [6.07, 6.45) is 1.61. The van der Waals surface area contributed by atoms with Crippen LogP contribution in [0.5, 0.6) is 11.5 Å².